The first-order valence-electron chi connectivity index (χ1n) is 4.69. The van der Waals surface area contributed by atoms with Gasteiger partial charge in [-0.1, -0.05) is 0 Å². The quantitative estimate of drug-likeness (QED) is 0.874. The first-order valence-corrected chi connectivity index (χ1v) is 7.70. The molecule has 1 heterocycles. The summed E-state index contributed by atoms with van der Waals surface area (Å²) in [6, 6.07) is 3.59. The van der Waals surface area contributed by atoms with Gasteiger partial charge in [-0.3, -0.25) is 4.79 Å². The van der Waals surface area contributed by atoms with Crippen LogP contribution in [0.4, 0.5) is 0 Å². The van der Waals surface area contributed by atoms with Crippen molar-refractivity contribution in [2.45, 2.75) is 12.5 Å². The molecule has 3 nitrogen and oxygen atoms in total. The normalized spacial score (nSPS) is 14.5. The fraction of sp³-hybridized carbons (Fsp3) is 0.500. The van der Waals surface area contributed by atoms with E-state index in [4.69, 9.17) is 0 Å². The number of carbonyl (C=O) groups excluding carboxylic acids is 1. The summed E-state index contributed by atoms with van der Waals surface area (Å²) >= 11 is 6.23. The second-order valence-electron chi connectivity index (χ2n) is 3.72. The van der Waals surface area contributed by atoms with Crippen molar-refractivity contribution < 1.29 is 9.90 Å². The highest BCUT2D eigenvalue weighted by atomic mass is 79.9. The number of carbonyl (C=O) groups is 1. The van der Waals surface area contributed by atoms with Gasteiger partial charge >= 0.3 is 0 Å². The average molecular weight is 324 g/mol. The molecule has 1 aromatic heterocycles. The minimum Gasteiger partial charge on any atom is -0.387 e. The highest BCUT2D eigenvalue weighted by Crippen LogP contribution is 2.22. The number of halogens is 1. The molecule has 0 bridgehead atoms. The Kier molecular flexibility index (Phi) is 5.30. The highest BCUT2D eigenvalue weighted by Gasteiger charge is 2.21. The zero-order valence-electron chi connectivity index (χ0n) is 9.12. The van der Waals surface area contributed by atoms with Crippen molar-refractivity contribution in [1.29, 1.82) is 0 Å². The molecule has 1 amide bonds. The minimum absolute atomic E-state index is 0.142. The summed E-state index contributed by atoms with van der Waals surface area (Å²) in [5, 5.41) is 12.6. The Morgan fingerprint density at radius 1 is 1.69 bits per heavy atom. The number of aliphatic hydroxyl groups is 1. The summed E-state index contributed by atoms with van der Waals surface area (Å²) in [6.07, 6.45) is 1.92. The monoisotopic (exact) mass is 323 g/mol. The van der Waals surface area contributed by atoms with E-state index in [1.54, 1.807) is 24.8 Å². The molecule has 0 aliphatic carbocycles. The Morgan fingerprint density at radius 3 is 2.88 bits per heavy atom. The Bertz CT molecular complexity index is 365. The van der Waals surface area contributed by atoms with Crippen LogP contribution < -0.4 is 5.32 Å². The van der Waals surface area contributed by atoms with Crippen LogP contribution in [0.25, 0.3) is 0 Å². The molecule has 0 fully saturated rings. The largest absolute Gasteiger partial charge is 0.387 e. The summed E-state index contributed by atoms with van der Waals surface area (Å²) in [4.78, 5) is 12.3. The second kappa shape index (κ2) is 6.05. The van der Waals surface area contributed by atoms with Crippen LogP contribution in [0.3, 0.4) is 0 Å². The molecule has 2 N–H and O–H groups in total. The first-order chi connectivity index (χ1) is 7.44. The third-order valence-electron chi connectivity index (χ3n) is 1.88. The summed E-state index contributed by atoms with van der Waals surface area (Å²) in [6.45, 7) is 1.98. The Labute approximate surface area is 112 Å². The molecular weight excluding hydrogens is 310 g/mol. The number of thiophene rings is 1. The van der Waals surface area contributed by atoms with Gasteiger partial charge in [-0.15, -0.1) is 11.3 Å². The summed E-state index contributed by atoms with van der Waals surface area (Å²) in [7, 11) is 0. The lowest BCUT2D eigenvalue weighted by Crippen LogP contribution is -2.42. The van der Waals surface area contributed by atoms with Crippen LogP contribution in [0.2, 0.25) is 0 Å². The molecule has 0 saturated heterocycles. The predicted molar refractivity (Wildman–Crippen MR) is 73.4 cm³/mol. The van der Waals surface area contributed by atoms with Crippen LogP contribution in [0, 0.1) is 0 Å². The van der Waals surface area contributed by atoms with E-state index in [0.29, 0.717) is 10.6 Å². The lowest BCUT2D eigenvalue weighted by atomic mass is 10.1. The van der Waals surface area contributed by atoms with Gasteiger partial charge in [0.2, 0.25) is 0 Å². The van der Waals surface area contributed by atoms with Gasteiger partial charge in [-0.2, -0.15) is 11.8 Å². The fourth-order valence-electron chi connectivity index (χ4n) is 1.16. The minimum atomic E-state index is -0.858. The second-order valence-corrected chi connectivity index (χ2v) is 7.05. The van der Waals surface area contributed by atoms with E-state index in [-0.39, 0.29) is 12.5 Å². The molecule has 1 atom stereocenters. The smallest absolute Gasteiger partial charge is 0.261 e. The average Bonchev–Trinajstić information content (AvgIpc) is 2.61. The van der Waals surface area contributed by atoms with Gasteiger partial charge in [0.15, 0.2) is 0 Å². The lowest BCUT2D eigenvalue weighted by Gasteiger charge is -2.22. The van der Waals surface area contributed by atoms with Crippen LogP contribution in [0.1, 0.15) is 16.6 Å². The maximum Gasteiger partial charge on any atom is 0.261 e. The lowest BCUT2D eigenvalue weighted by molar-refractivity contribution is 0.0727. The van der Waals surface area contributed by atoms with Crippen molar-refractivity contribution in [3.8, 4) is 0 Å². The van der Waals surface area contributed by atoms with Crippen LogP contribution in [0.15, 0.2) is 15.9 Å². The molecule has 0 saturated carbocycles. The maximum absolute atomic E-state index is 11.7. The molecule has 1 aromatic rings. The number of hydrogen-bond acceptors (Lipinski definition) is 4. The van der Waals surface area contributed by atoms with E-state index in [0.717, 1.165) is 3.79 Å². The van der Waals surface area contributed by atoms with Crippen LogP contribution in [-0.4, -0.2) is 35.2 Å². The van der Waals surface area contributed by atoms with E-state index in [9.17, 15) is 9.90 Å². The Balaban J connectivity index is 2.47. The standard InChI is InChI=1S/C10H14BrNO2S2/c1-10(14,6-15-2)5-12-9(13)7-3-4-8(11)16-7/h3-4,14H,5-6H2,1-2H3,(H,12,13)/t10-/m1/s1. The maximum atomic E-state index is 11.7. The van der Waals surface area contributed by atoms with E-state index in [1.807, 2.05) is 12.3 Å². The predicted octanol–water partition coefficient (Wildman–Crippen LogP) is 2.35. The number of hydrogen-bond donors (Lipinski definition) is 2. The first kappa shape index (κ1) is 14.0. The summed E-state index contributed by atoms with van der Waals surface area (Å²) < 4.78 is 0.925. The fourth-order valence-corrected chi connectivity index (χ4v) is 3.18. The van der Waals surface area contributed by atoms with Crippen molar-refractivity contribution in [2.24, 2.45) is 0 Å². The molecule has 1 rings (SSSR count). The van der Waals surface area contributed by atoms with Gasteiger partial charge in [0.25, 0.3) is 5.91 Å². The zero-order valence-corrected chi connectivity index (χ0v) is 12.3. The van der Waals surface area contributed by atoms with Crippen molar-refractivity contribution >= 4 is 44.9 Å². The summed E-state index contributed by atoms with van der Waals surface area (Å²) in [5.74, 6) is 0.457. The topological polar surface area (TPSA) is 49.3 Å². The van der Waals surface area contributed by atoms with Crippen molar-refractivity contribution in [2.75, 3.05) is 18.6 Å². The molecule has 6 heteroatoms. The SMILES string of the molecule is CSC[C@](C)(O)CNC(=O)c1ccc(Br)s1. The molecule has 0 radical (unpaired) electrons. The molecule has 0 unspecified atom stereocenters. The van der Waals surface area contributed by atoms with Gasteiger partial charge in [0.05, 0.1) is 14.3 Å². The Morgan fingerprint density at radius 2 is 2.38 bits per heavy atom. The number of thioether (sulfide) groups is 1. The van der Waals surface area contributed by atoms with Crippen molar-refractivity contribution in [3.63, 3.8) is 0 Å². The molecule has 0 aliphatic rings. The van der Waals surface area contributed by atoms with Crippen LogP contribution >= 0.6 is 39.0 Å². The van der Waals surface area contributed by atoms with E-state index >= 15 is 0 Å². The van der Waals surface area contributed by atoms with Crippen LogP contribution in [0.5, 0.6) is 0 Å². The van der Waals surface area contributed by atoms with Crippen molar-refractivity contribution in [3.05, 3.63) is 20.8 Å². The van der Waals surface area contributed by atoms with E-state index < -0.39 is 5.60 Å². The molecular formula is C10H14BrNO2S2. The van der Waals surface area contributed by atoms with Gasteiger partial charge in [-0.05, 0) is 41.2 Å². The highest BCUT2D eigenvalue weighted by molar-refractivity contribution is 9.11. The number of amides is 1. The van der Waals surface area contributed by atoms with Gasteiger partial charge in [-0.25, -0.2) is 0 Å². The van der Waals surface area contributed by atoms with E-state index in [2.05, 4.69) is 21.2 Å². The molecule has 0 aromatic carbocycles. The Hall–Kier alpha value is -0.0400. The third-order valence-corrected chi connectivity index (χ3v) is 4.42. The number of rotatable bonds is 5. The van der Waals surface area contributed by atoms with Gasteiger partial charge in [0, 0.05) is 12.3 Å². The zero-order chi connectivity index (χ0) is 12.2. The third kappa shape index (κ3) is 4.45. The van der Waals surface area contributed by atoms with Gasteiger partial charge in [0.1, 0.15) is 0 Å². The van der Waals surface area contributed by atoms with Crippen LogP contribution in [-0.2, 0) is 0 Å². The molecule has 0 spiro atoms. The number of nitrogens with one attached hydrogen (secondary N) is 1. The van der Waals surface area contributed by atoms with Crippen molar-refractivity contribution in [1.82, 2.24) is 5.32 Å². The summed E-state index contributed by atoms with van der Waals surface area (Å²) in [5.41, 5.74) is -0.858. The van der Waals surface area contributed by atoms with Gasteiger partial charge < -0.3 is 10.4 Å². The molecule has 0 aliphatic heterocycles. The molecule has 90 valence electrons. The van der Waals surface area contributed by atoms with E-state index in [1.165, 1.54) is 11.3 Å². The molecule has 16 heavy (non-hydrogen) atoms.